The number of rotatable bonds is 4. The molecule has 0 atom stereocenters. The second kappa shape index (κ2) is 10.4. The molecule has 9 heteroatoms. The average molecular weight is 502 g/mol. The fourth-order valence-electron chi connectivity index (χ4n) is 1.68. The third-order valence-electron chi connectivity index (χ3n) is 2.52. The van der Waals surface area contributed by atoms with Crippen LogP contribution in [0.2, 0.25) is 0 Å². The minimum Gasteiger partial charge on any atom is -0.478 e. The molecule has 0 spiro atoms. The van der Waals surface area contributed by atoms with E-state index in [1.807, 2.05) is 35.2 Å². The average Bonchev–Trinajstić information content (AvgIpc) is 2.39. The molecule has 2 N–H and O–H groups in total. The number of carbonyl (C=O) groups is 2. The maximum absolute atomic E-state index is 11.0. The molecule has 0 saturated heterocycles. The maximum Gasteiger partial charge on any atom is 0.355 e. The van der Waals surface area contributed by atoms with Crippen molar-refractivity contribution in [2.45, 2.75) is 6.54 Å². The molecule has 0 aromatic carbocycles. The van der Waals surface area contributed by atoms with Gasteiger partial charge in [-0.05, 0) is 6.07 Å². The molecule has 2 heterocycles. The minimum absolute atomic E-state index is 0. The van der Waals surface area contributed by atoms with Crippen LogP contribution in [0.5, 0.6) is 0 Å². The molecule has 22 heavy (non-hydrogen) atoms. The van der Waals surface area contributed by atoms with Crippen molar-refractivity contribution in [3.05, 3.63) is 59.7 Å². The Morgan fingerprint density at radius 2 is 1.59 bits per heavy atom. The van der Waals surface area contributed by atoms with E-state index in [0.717, 1.165) is 0 Å². The third kappa shape index (κ3) is 5.82. The number of nitrogens with zero attached hydrogens (tertiary/aromatic N) is 2. The number of aromatic nitrogens is 2. The van der Waals surface area contributed by atoms with Gasteiger partial charge < -0.3 is 10.2 Å². The molecule has 0 fully saturated rings. The molecule has 0 radical (unpaired) electrons. The Balaban J connectivity index is 0. The van der Waals surface area contributed by atoms with E-state index in [0.29, 0.717) is 12.1 Å². The zero-order valence-corrected chi connectivity index (χ0v) is 16.2. The highest BCUT2D eigenvalue weighted by molar-refractivity contribution is 8.93. The molecule has 0 unspecified atom stereocenters. The lowest BCUT2D eigenvalue weighted by Crippen LogP contribution is -2.33. The standard InChI is InChI=1S/C13H10N2O4.3BrH/c16-12(17)10-6-9(7-14-11(10)13(18)19)8-15-4-2-1-3-5-15;;;/h1-7H,8H2,(H-,16,17,18,19);3*1H/p+1. The summed E-state index contributed by atoms with van der Waals surface area (Å²) < 4.78 is 1.84. The minimum atomic E-state index is -1.35. The van der Waals surface area contributed by atoms with Gasteiger partial charge in [0.05, 0.1) is 5.56 Å². The van der Waals surface area contributed by atoms with E-state index >= 15 is 0 Å². The first-order chi connectivity index (χ1) is 9.08. The highest BCUT2D eigenvalue weighted by Crippen LogP contribution is 2.09. The Labute approximate surface area is 158 Å². The number of halogens is 3. The molecule has 0 bridgehead atoms. The van der Waals surface area contributed by atoms with E-state index in [1.165, 1.54) is 12.3 Å². The molecule has 0 amide bonds. The summed E-state index contributed by atoms with van der Waals surface area (Å²) in [5.74, 6) is -2.65. The lowest BCUT2D eigenvalue weighted by molar-refractivity contribution is -0.688. The van der Waals surface area contributed by atoms with Gasteiger partial charge in [-0.15, -0.1) is 50.9 Å². The van der Waals surface area contributed by atoms with Crippen molar-refractivity contribution in [1.82, 2.24) is 4.98 Å². The Morgan fingerprint density at radius 3 is 2.09 bits per heavy atom. The summed E-state index contributed by atoms with van der Waals surface area (Å²) in [4.78, 5) is 25.6. The predicted octanol–water partition coefficient (Wildman–Crippen LogP) is 2.55. The van der Waals surface area contributed by atoms with Crippen molar-refractivity contribution in [1.29, 1.82) is 0 Å². The number of hydrogen-bond acceptors (Lipinski definition) is 3. The monoisotopic (exact) mass is 499 g/mol. The summed E-state index contributed by atoms with van der Waals surface area (Å²) in [6.07, 6.45) is 5.02. The Hall–Kier alpha value is -1.32. The highest BCUT2D eigenvalue weighted by Gasteiger charge is 2.19. The molecule has 0 aliphatic carbocycles. The lowest BCUT2D eigenvalue weighted by atomic mass is 10.1. The normalized spacial score (nSPS) is 8.73. The Bertz CT molecular complexity index is 638. The molecular weight excluding hydrogens is 488 g/mol. The fraction of sp³-hybridized carbons (Fsp3) is 0.0769. The Kier molecular flexibility index (Phi) is 10.9. The smallest absolute Gasteiger partial charge is 0.355 e. The number of aromatic carboxylic acids is 2. The van der Waals surface area contributed by atoms with Gasteiger partial charge in [0.2, 0.25) is 0 Å². The maximum atomic E-state index is 11.0. The molecule has 0 aliphatic rings. The van der Waals surface area contributed by atoms with E-state index < -0.39 is 17.6 Å². The molecule has 6 nitrogen and oxygen atoms in total. The summed E-state index contributed by atoms with van der Waals surface area (Å²) in [5, 5.41) is 17.9. The van der Waals surface area contributed by atoms with E-state index in [9.17, 15) is 9.59 Å². The van der Waals surface area contributed by atoms with Gasteiger partial charge in [-0.2, -0.15) is 0 Å². The van der Waals surface area contributed by atoms with Crippen LogP contribution in [-0.4, -0.2) is 27.1 Å². The second-order valence-electron chi connectivity index (χ2n) is 3.90. The van der Waals surface area contributed by atoms with Crippen LogP contribution in [0.1, 0.15) is 26.4 Å². The van der Waals surface area contributed by atoms with Crippen molar-refractivity contribution >= 4 is 62.9 Å². The molecule has 2 aromatic heterocycles. The van der Waals surface area contributed by atoms with Crippen molar-refractivity contribution in [3.63, 3.8) is 0 Å². The summed E-state index contributed by atoms with van der Waals surface area (Å²) in [5.41, 5.74) is -0.130. The number of hydrogen-bond donors (Lipinski definition) is 2. The van der Waals surface area contributed by atoms with Gasteiger partial charge in [0.15, 0.2) is 24.6 Å². The van der Waals surface area contributed by atoms with Crippen molar-refractivity contribution in [2.75, 3.05) is 0 Å². The van der Waals surface area contributed by atoms with Gasteiger partial charge in [-0.1, -0.05) is 6.07 Å². The number of carboxylic acid groups (broad SMARTS) is 2. The number of pyridine rings is 2. The van der Waals surface area contributed by atoms with E-state index in [2.05, 4.69) is 4.98 Å². The van der Waals surface area contributed by atoms with Crippen LogP contribution in [0.3, 0.4) is 0 Å². The van der Waals surface area contributed by atoms with E-state index in [4.69, 9.17) is 10.2 Å². The van der Waals surface area contributed by atoms with Crippen LogP contribution < -0.4 is 4.57 Å². The largest absolute Gasteiger partial charge is 0.478 e. The van der Waals surface area contributed by atoms with E-state index in [-0.39, 0.29) is 56.5 Å². The van der Waals surface area contributed by atoms with Gasteiger partial charge in [0.25, 0.3) is 0 Å². The first-order valence-electron chi connectivity index (χ1n) is 5.47. The Morgan fingerprint density at radius 1 is 1.00 bits per heavy atom. The summed E-state index contributed by atoms with van der Waals surface area (Å²) in [6, 6.07) is 6.89. The van der Waals surface area contributed by atoms with Crippen LogP contribution in [0.25, 0.3) is 0 Å². The van der Waals surface area contributed by atoms with Gasteiger partial charge in [-0.25, -0.2) is 19.1 Å². The van der Waals surface area contributed by atoms with Gasteiger partial charge in [0.1, 0.15) is 0 Å². The predicted molar refractivity (Wildman–Crippen MR) is 94.9 cm³/mol. The quantitative estimate of drug-likeness (QED) is 0.628. The third-order valence-corrected chi connectivity index (χ3v) is 2.52. The topological polar surface area (TPSA) is 91.4 Å². The summed E-state index contributed by atoms with van der Waals surface area (Å²) in [6.45, 7) is 0.425. The van der Waals surface area contributed by atoms with Crippen LogP contribution in [0.4, 0.5) is 0 Å². The SMILES string of the molecule is Br.Br.Br.O=C(O)c1cc(C[n+]2ccccc2)cnc1C(=O)O. The van der Waals surface area contributed by atoms with Crippen LogP contribution in [0, 0.1) is 0 Å². The molecule has 2 rings (SSSR count). The number of carboxylic acids is 2. The van der Waals surface area contributed by atoms with E-state index in [1.54, 1.807) is 0 Å². The van der Waals surface area contributed by atoms with Crippen molar-refractivity contribution in [2.24, 2.45) is 0 Å². The summed E-state index contributed by atoms with van der Waals surface area (Å²) in [7, 11) is 0. The highest BCUT2D eigenvalue weighted by atomic mass is 79.9. The van der Waals surface area contributed by atoms with Gasteiger partial charge >= 0.3 is 11.9 Å². The van der Waals surface area contributed by atoms with Crippen LogP contribution in [0.15, 0.2) is 42.9 Å². The zero-order chi connectivity index (χ0) is 13.8. The van der Waals surface area contributed by atoms with Crippen LogP contribution in [-0.2, 0) is 6.54 Å². The first-order valence-corrected chi connectivity index (χ1v) is 5.47. The van der Waals surface area contributed by atoms with Gasteiger partial charge in [0, 0.05) is 23.9 Å². The zero-order valence-electron chi connectivity index (χ0n) is 11.1. The molecule has 0 aliphatic heterocycles. The lowest BCUT2D eigenvalue weighted by Gasteiger charge is -2.03. The molecule has 0 saturated carbocycles. The summed E-state index contributed by atoms with van der Waals surface area (Å²) >= 11 is 0. The molecule has 120 valence electrons. The second-order valence-corrected chi connectivity index (χ2v) is 3.90. The molecule has 2 aromatic rings. The van der Waals surface area contributed by atoms with Crippen molar-refractivity contribution in [3.8, 4) is 0 Å². The molecular formula is C13H14Br3N2O4+. The van der Waals surface area contributed by atoms with Gasteiger partial charge in [-0.3, -0.25) is 0 Å². The van der Waals surface area contributed by atoms with Crippen LogP contribution >= 0.6 is 50.9 Å². The van der Waals surface area contributed by atoms with Crippen molar-refractivity contribution < 1.29 is 24.4 Å². The fourth-order valence-corrected chi connectivity index (χ4v) is 1.68. The first kappa shape index (κ1) is 23.0.